The summed E-state index contributed by atoms with van der Waals surface area (Å²) in [6, 6.07) is 15.7. The van der Waals surface area contributed by atoms with Gasteiger partial charge in [-0.25, -0.2) is 0 Å². The summed E-state index contributed by atoms with van der Waals surface area (Å²) >= 11 is 0. The van der Waals surface area contributed by atoms with Gasteiger partial charge in [-0.1, -0.05) is 23.4 Å². The third kappa shape index (κ3) is 2.01. The lowest BCUT2D eigenvalue weighted by molar-refractivity contribution is 0.432. The predicted molar refractivity (Wildman–Crippen MR) is 79.7 cm³/mol. The Bertz CT molecular complexity index is 921. The van der Waals surface area contributed by atoms with Crippen LogP contribution in [-0.2, 0) is 0 Å². The number of benzene rings is 2. The van der Waals surface area contributed by atoms with Gasteiger partial charge in [0, 0.05) is 16.5 Å². The number of rotatable bonds is 2. The Labute approximate surface area is 121 Å². The molecule has 0 radical (unpaired) electrons. The molecule has 0 bridgehead atoms. The highest BCUT2D eigenvalue weighted by atomic mass is 16.5. The molecule has 4 heteroatoms. The number of aromatic nitrogens is 2. The second-order valence-electron chi connectivity index (χ2n) is 4.91. The molecule has 0 aliphatic rings. The van der Waals surface area contributed by atoms with Gasteiger partial charge in [-0.3, -0.25) is 0 Å². The van der Waals surface area contributed by atoms with Crippen molar-refractivity contribution in [2.24, 2.45) is 0 Å². The number of furan rings is 1. The fourth-order valence-electron chi connectivity index (χ4n) is 2.37. The number of fused-ring (bicyclic) bond motifs is 1. The Morgan fingerprint density at radius 2 is 1.90 bits per heavy atom. The summed E-state index contributed by atoms with van der Waals surface area (Å²) in [5, 5.41) is 5.10. The minimum atomic E-state index is 0.537. The zero-order chi connectivity index (χ0) is 14.2. The summed E-state index contributed by atoms with van der Waals surface area (Å²) < 4.78 is 10.7. The second-order valence-corrected chi connectivity index (χ2v) is 4.91. The first-order valence-electron chi connectivity index (χ1n) is 6.68. The first-order valence-corrected chi connectivity index (χ1v) is 6.68. The fourth-order valence-corrected chi connectivity index (χ4v) is 2.37. The molecule has 2 aromatic carbocycles. The topological polar surface area (TPSA) is 52.1 Å². The highest BCUT2D eigenvalue weighted by Crippen LogP contribution is 2.26. The second kappa shape index (κ2) is 4.59. The molecule has 102 valence electrons. The Kier molecular flexibility index (Phi) is 2.60. The third-order valence-corrected chi connectivity index (χ3v) is 3.51. The van der Waals surface area contributed by atoms with Gasteiger partial charge in [0.25, 0.3) is 5.89 Å². The van der Waals surface area contributed by atoms with E-state index in [0.717, 1.165) is 27.7 Å². The van der Waals surface area contributed by atoms with Crippen molar-refractivity contribution in [3.63, 3.8) is 0 Å². The minimum Gasteiger partial charge on any atom is -0.464 e. The van der Waals surface area contributed by atoms with Crippen LogP contribution in [0.2, 0.25) is 0 Å². The van der Waals surface area contributed by atoms with Gasteiger partial charge in [0.1, 0.15) is 5.58 Å². The Hall–Kier alpha value is -2.88. The molecule has 0 aliphatic heterocycles. The smallest absolute Gasteiger partial charge is 0.258 e. The van der Waals surface area contributed by atoms with Crippen LogP contribution >= 0.6 is 0 Å². The molecule has 4 rings (SSSR count). The molecule has 0 atom stereocenters. The number of nitrogens with zero attached hydrogens (tertiary/aromatic N) is 2. The maximum Gasteiger partial charge on any atom is 0.258 e. The predicted octanol–water partition coefficient (Wildman–Crippen LogP) is 4.46. The monoisotopic (exact) mass is 276 g/mol. The average Bonchev–Trinajstić information content (AvgIpc) is 3.16. The molecule has 21 heavy (non-hydrogen) atoms. The van der Waals surface area contributed by atoms with E-state index in [1.54, 1.807) is 6.26 Å². The van der Waals surface area contributed by atoms with Crippen LogP contribution in [0.5, 0.6) is 0 Å². The number of hydrogen-bond acceptors (Lipinski definition) is 4. The quantitative estimate of drug-likeness (QED) is 0.542. The lowest BCUT2D eigenvalue weighted by Gasteiger charge is -1.98. The highest BCUT2D eigenvalue weighted by molar-refractivity contribution is 5.82. The van der Waals surface area contributed by atoms with Crippen molar-refractivity contribution in [3.8, 4) is 22.8 Å². The molecule has 0 saturated heterocycles. The van der Waals surface area contributed by atoms with Gasteiger partial charge in [0.05, 0.1) is 6.26 Å². The minimum absolute atomic E-state index is 0.537. The van der Waals surface area contributed by atoms with Crippen LogP contribution in [-0.4, -0.2) is 10.1 Å². The van der Waals surface area contributed by atoms with Gasteiger partial charge < -0.3 is 8.94 Å². The summed E-state index contributed by atoms with van der Waals surface area (Å²) in [4.78, 5) is 4.49. The summed E-state index contributed by atoms with van der Waals surface area (Å²) in [5.41, 5.74) is 3.83. The van der Waals surface area contributed by atoms with Crippen molar-refractivity contribution >= 4 is 11.0 Å². The van der Waals surface area contributed by atoms with E-state index in [1.165, 1.54) is 0 Å². The number of hydrogen-bond donors (Lipinski definition) is 0. The lowest BCUT2D eigenvalue weighted by atomic mass is 10.1. The van der Waals surface area contributed by atoms with Crippen molar-refractivity contribution in [3.05, 3.63) is 60.4 Å². The molecule has 0 amide bonds. The first kappa shape index (κ1) is 11.9. The van der Waals surface area contributed by atoms with Crippen LogP contribution in [0.1, 0.15) is 5.56 Å². The van der Waals surface area contributed by atoms with Crippen LogP contribution < -0.4 is 0 Å². The molecular weight excluding hydrogens is 264 g/mol. The summed E-state index contributed by atoms with van der Waals surface area (Å²) in [6.07, 6.45) is 1.67. The molecule has 4 nitrogen and oxygen atoms in total. The van der Waals surface area contributed by atoms with Crippen LogP contribution in [0, 0.1) is 6.92 Å². The normalized spacial score (nSPS) is 11.1. The van der Waals surface area contributed by atoms with Gasteiger partial charge in [-0.15, -0.1) is 0 Å². The Balaban J connectivity index is 1.78. The summed E-state index contributed by atoms with van der Waals surface area (Å²) in [7, 11) is 0. The maximum absolute atomic E-state index is 5.39. The van der Waals surface area contributed by atoms with E-state index in [4.69, 9.17) is 8.94 Å². The van der Waals surface area contributed by atoms with Gasteiger partial charge >= 0.3 is 0 Å². The Morgan fingerprint density at radius 3 is 2.81 bits per heavy atom. The standard InChI is InChI=1S/C17H12N2O2/c1-11-4-2-3-5-14(11)17-18-16(19-21-17)13-6-7-15-12(10-13)8-9-20-15/h2-10H,1H3. The zero-order valence-electron chi connectivity index (χ0n) is 11.4. The van der Waals surface area contributed by atoms with Crippen molar-refractivity contribution in [2.75, 3.05) is 0 Å². The SMILES string of the molecule is Cc1ccccc1-c1nc(-c2ccc3occc3c2)no1. The van der Waals surface area contributed by atoms with E-state index < -0.39 is 0 Å². The summed E-state index contributed by atoms with van der Waals surface area (Å²) in [6.45, 7) is 2.02. The molecule has 0 fully saturated rings. The van der Waals surface area contributed by atoms with Crippen LogP contribution in [0.4, 0.5) is 0 Å². The molecule has 2 heterocycles. The zero-order valence-corrected chi connectivity index (χ0v) is 11.4. The average molecular weight is 276 g/mol. The molecular formula is C17H12N2O2. The fraction of sp³-hybridized carbons (Fsp3) is 0.0588. The molecule has 4 aromatic rings. The van der Waals surface area contributed by atoms with E-state index in [-0.39, 0.29) is 0 Å². The lowest BCUT2D eigenvalue weighted by Crippen LogP contribution is -1.83. The van der Waals surface area contributed by atoms with Gasteiger partial charge in [-0.05, 0) is 42.8 Å². The summed E-state index contributed by atoms with van der Waals surface area (Å²) in [5.74, 6) is 1.12. The van der Waals surface area contributed by atoms with E-state index in [0.29, 0.717) is 11.7 Å². The number of aryl methyl sites for hydroxylation is 1. The van der Waals surface area contributed by atoms with Crippen molar-refractivity contribution in [1.29, 1.82) is 0 Å². The largest absolute Gasteiger partial charge is 0.464 e. The third-order valence-electron chi connectivity index (χ3n) is 3.51. The van der Waals surface area contributed by atoms with E-state index in [9.17, 15) is 0 Å². The Morgan fingerprint density at radius 1 is 1.00 bits per heavy atom. The molecule has 0 N–H and O–H groups in total. The van der Waals surface area contributed by atoms with Crippen molar-refractivity contribution in [2.45, 2.75) is 6.92 Å². The highest BCUT2D eigenvalue weighted by Gasteiger charge is 2.12. The van der Waals surface area contributed by atoms with Gasteiger partial charge in [0.15, 0.2) is 0 Å². The van der Waals surface area contributed by atoms with Gasteiger partial charge in [0.2, 0.25) is 5.82 Å². The van der Waals surface area contributed by atoms with E-state index in [1.807, 2.05) is 55.5 Å². The molecule has 0 aliphatic carbocycles. The van der Waals surface area contributed by atoms with Crippen molar-refractivity contribution < 1.29 is 8.94 Å². The van der Waals surface area contributed by atoms with E-state index in [2.05, 4.69) is 10.1 Å². The van der Waals surface area contributed by atoms with Crippen LogP contribution in [0.25, 0.3) is 33.8 Å². The van der Waals surface area contributed by atoms with Crippen LogP contribution in [0.15, 0.2) is 63.7 Å². The maximum atomic E-state index is 5.39. The van der Waals surface area contributed by atoms with Gasteiger partial charge in [-0.2, -0.15) is 4.98 Å². The van der Waals surface area contributed by atoms with Crippen molar-refractivity contribution in [1.82, 2.24) is 10.1 Å². The van der Waals surface area contributed by atoms with E-state index >= 15 is 0 Å². The molecule has 0 unspecified atom stereocenters. The molecule has 0 saturated carbocycles. The first-order chi connectivity index (χ1) is 10.3. The molecule has 0 spiro atoms. The molecule has 2 aromatic heterocycles. The van der Waals surface area contributed by atoms with Crippen LogP contribution in [0.3, 0.4) is 0 Å².